The molecule has 4 nitrogen and oxygen atoms in total. The minimum Gasteiger partial charge on any atom is -0.480 e. The molecule has 0 bridgehead atoms. The molecule has 1 unspecified atom stereocenters. The number of aliphatic carboxylic acids is 1. The van der Waals surface area contributed by atoms with E-state index in [0.29, 0.717) is 12.8 Å². The van der Waals surface area contributed by atoms with Crippen molar-refractivity contribution in [1.82, 2.24) is 5.32 Å². The van der Waals surface area contributed by atoms with E-state index in [-0.39, 0.29) is 5.91 Å². The number of benzene rings is 1. The Kier molecular flexibility index (Phi) is 6.63. The molecule has 23 heavy (non-hydrogen) atoms. The SMILES string of the molecule is CCCCC(NC(=O)CCCc1ccc2c(c1)CCC2)C(=O)O. The monoisotopic (exact) mass is 317 g/mol. The van der Waals surface area contributed by atoms with Gasteiger partial charge in [0, 0.05) is 6.42 Å². The highest BCUT2D eigenvalue weighted by atomic mass is 16.4. The van der Waals surface area contributed by atoms with E-state index in [4.69, 9.17) is 5.11 Å². The van der Waals surface area contributed by atoms with Gasteiger partial charge in [-0.2, -0.15) is 0 Å². The highest BCUT2D eigenvalue weighted by molar-refractivity contribution is 5.83. The maximum atomic E-state index is 11.9. The van der Waals surface area contributed by atoms with Gasteiger partial charge in [-0.3, -0.25) is 4.79 Å². The van der Waals surface area contributed by atoms with Gasteiger partial charge in [0.25, 0.3) is 0 Å². The number of carbonyl (C=O) groups excluding carboxylic acids is 1. The Bertz CT molecular complexity index is 554. The van der Waals surface area contributed by atoms with Gasteiger partial charge in [-0.05, 0) is 55.2 Å². The molecule has 1 aromatic carbocycles. The topological polar surface area (TPSA) is 66.4 Å². The molecule has 0 fully saturated rings. The maximum absolute atomic E-state index is 11.9. The predicted molar refractivity (Wildman–Crippen MR) is 90.5 cm³/mol. The number of hydrogen-bond acceptors (Lipinski definition) is 2. The molecule has 1 atom stereocenters. The molecule has 126 valence electrons. The lowest BCUT2D eigenvalue weighted by Crippen LogP contribution is -2.40. The van der Waals surface area contributed by atoms with Gasteiger partial charge in [-0.1, -0.05) is 38.0 Å². The van der Waals surface area contributed by atoms with E-state index in [0.717, 1.165) is 25.7 Å². The van der Waals surface area contributed by atoms with Crippen molar-refractivity contribution in [3.8, 4) is 0 Å². The first-order valence-corrected chi connectivity index (χ1v) is 8.73. The summed E-state index contributed by atoms with van der Waals surface area (Å²) < 4.78 is 0. The van der Waals surface area contributed by atoms with Gasteiger partial charge < -0.3 is 10.4 Å². The number of carboxylic acids is 1. The van der Waals surface area contributed by atoms with Crippen LogP contribution in [0.3, 0.4) is 0 Å². The van der Waals surface area contributed by atoms with E-state index < -0.39 is 12.0 Å². The number of carboxylic acid groups (broad SMARTS) is 1. The second-order valence-electron chi connectivity index (χ2n) is 6.41. The smallest absolute Gasteiger partial charge is 0.326 e. The van der Waals surface area contributed by atoms with Crippen LogP contribution >= 0.6 is 0 Å². The van der Waals surface area contributed by atoms with Crippen LogP contribution in [-0.2, 0) is 28.9 Å². The zero-order valence-electron chi connectivity index (χ0n) is 13.9. The fraction of sp³-hybridized carbons (Fsp3) is 0.579. The van der Waals surface area contributed by atoms with Gasteiger partial charge >= 0.3 is 5.97 Å². The Morgan fingerprint density at radius 3 is 2.74 bits per heavy atom. The van der Waals surface area contributed by atoms with Crippen LogP contribution in [0.1, 0.15) is 62.1 Å². The summed E-state index contributed by atoms with van der Waals surface area (Å²) in [5, 5.41) is 11.8. The molecule has 0 radical (unpaired) electrons. The van der Waals surface area contributed by atoms with Crippen molar-refractivity contribution in [2.45, 2.75) is 70.8 Å². The minimum absolute atomic E-state index is 0.158. The molecule has 1 amide bonds. The van der Waals surface area contributed by atoms with Crippen molar-refractivity contribution in [2.24, 2.45) is 0 Å². The van der Waals surface area contributed by atoms with Crippen LogP contribution in [0.4, 0.5) is 0 Å². The largest absolute Gasteiger partial charge is 0.480 e. The third-order valence-electron chi connectivity index (χ3n) is 4.51. The molecule has 0 spiro atoms. The molecule has 1 aliphatic rings. The number of unbranched alkanes of at least 4 members (excludes halogenated alkanes) is 1. The summed E-state index contributed by atoms with van der Waals surface area (Å²) in [7, 11) is 0. The highest BCUT2D eigenvalue weighted by Crippen LogP contribution is 2.23. The van der Waals surface area contributed by atoms with Crippen molar-refractivity contribution >= 4 is 11.9 Å². The second-order valence-corrected chi connectivity index (χ2v) is 6.41. The van der Waals surface area contributed by atoms with Crippen molar-refractivity contribution in [2.75, 3.05) is 0 Å². The van der Waals surface area contributed by atoms with E-state index >= 15 is 0 Å². The molecule has 0 aliphatic heterocycles. The first kappa shape index (κ1) is 17.5. The van der Waals surface area contributed by atoms with E-state index in [1.54, 1.807) is 0 Å². The van der Waals surface area contributed by atoms with E-state index in [9.17, 15) is 9.59 Å². The van der Waals surface area contributed by atoms with Crippen LogP contribution in [0.2, 0.25) is 0 Å². The van der Waals surface area contributed by atoms with Crippen LogP contribution in [0.5, 0.6) is 0 Å². The first-order valence-electron chi connectivity index (χ1n) is 8.73. The summed E-state index contributed by atoms with van der Waals surface area (Å²) in [4.78, 5) is 23.1. The summed E-state index contributed by atoms with van der Waals surface area (Å²) in [6, 6.07) is 5.89. The Hall–Kier alpha value is -1.84. The number of aryl methyl sites for hydroxylation is 3. The van der Waals surface area contributed by atoms with Gasteiger partial charge in [0.15, 0.2) is 0 Å². The lowest BCUT2D eigenvalue weighted by Gasteiger charge is -2.14. The number of carbonyl (C=O) groups is 2. The standard InChI is InChI=1S/C19H27NO3/c1-2-3-9-17(19(22)23)20-18(21)10-4-6-14-11-12-15-7-5-8-16(15)13-14/h11-13,17H,2-10H2,1H3,(H,20,21)(H,22,23). The zero-order chi connectivity index (χ0) is 16.7. The van der Waals surface area contributed by atoms with Gasteiger partial charge in [0.1, 0.15) is 6.04 Å². The molecule has 0 heterocycles. The van der Waals surface area contributed by atoms with E-state index in [1.165, 1.54) is 36.0 Å². The van der Waals surface area contributed by atoms with Crippen molar-refractivity contribution in [3.05, 3.63) is 34.9 Å². The summed E-state index contributed by atoms with van der Waals surface area (Å²) in [6.45, 7) is 2.01. The van der Waals surface area contributed by atoms with Gasteiger partial charge in [0.05, 0.1) is 0 Å². The van der Waals surface area contributed by atoms with Gasteiger partial charge in [-0.25, -0.2) is 4.79 Å². The van der Waals surface area contributed by atoms with Crippen molar-refractivity contribution < 1.29 is 14.7 Å². The molecule has 4 heteroatoms. The number of rotatable bonds is 9. The average Bonchev–Trinajstić information content (AvgIpc) is 2.98. The molecule has 2 rings (SSSR count). The first-order chi connectivity index (χ1) is 11.1. The van der Waals surface area contributed by atoms with E-state index in [2.05, 4.69) is 23.5 Å². The lowest BCUT2D eigenvalue weighted by molar-refractivity contribution is -0.142. The molecule has 1 aliphatic carbocycles. The number of fused-ring (bicyclic) bond motifs is 1. The summed E-state index contributed by atoms with van der Waals surface area (Å²) in [5.41, 5.74) is 4.20. The van der Waals surface area contributed by atoms with Gasteiger partial charge in [0.2, 0.25) is 5.91 Å². The van der Waals surface area contributed by atoms with Crippen LogP contribution < -0.4 is 5.32 Å². The van der Waals surface area contributed by atoms with Crippen LogP contribution in [0.25, 0.3) is 0 Å². The third kappa shape index (κ3) is 5.38. The number of hydrogen-bond donors (Lipinski definition) is 2. The van der Waals surface area contributed by atoms with Crippen molar-refractivity contribution in [1.29, 1.82) is 0 Å². The van der Waals surface area contributed by atoms with Crippen LogP contribution in [0, 0.1) is 0 Å². The Morgan fingerprint density at radius 1 is 1.22 bits per heavy atom. The van der Waals surface area contributed by atoms with Crippen LogP contribution in [0.15, 0.2) is 18.2 Å². The Labute approximate surface area is 138 Å². The second kappa shape index (κ2) is 8.70. The summed E-state index contributed by atoms with van der Waals surface area (Å²) >= 11 is 0. The van der Waals surface area contributed by atoms with E-state index in [1.807, 2.05) is 6.92 Å². The summed E-state index contributed by atoms with van der Waals surface area (Å²) in [6.07, 6.45) is 7.85. The maximum Gasteiger partial charge on any atom is 0.326 e. The van der Waals surface area contributed by atoms with Gasteiger partial charge in [-0.15, -0.1) is 0 Å². The number of nitrogens with one attached hydrogen (secondary N) is 1. The molecule has 0 saturated heterocycles. The lowest BCUT2D eigenvalue weighted by atomic mass is 10.0. The summed E-state index contributed by atoms with van der Waals surface area (Å²) in [5.74, 6) is -1.10. The fourth-order valence-corrected chi connectivity index (χ4v) is 3.17. The molecule has 2 N–H and O–H groups in total. The molecule has 0 saturated carbocycles. The number of amides is 1. The quantitative estimate of drug-likeness (QED) is 0.734. The Balaban J connectivity index is 1.74. The van der Waals surface area contributed by atoms with Crippen LogP contribution in [-0.4, -0.2) is 23.0 Å². The average molecular weight is 317 g/mol. The molecule has 0 aromatic heterocycles. The molecular weight excluding hydrogens is 290 g/mol. The fourth-order valence-electron chi connectivity index (χ4n) is 3.17. The highest BCUT2D eigenvalue weighted by Gasteiger charge is 2.18. The Morgan fingerprint density at radius 2 is 2.00 bits per heavy atom. The molecular formula is C19H27NO3. The molecule has 1 aromatic rings. The zero-order valence-corrected chi connectivity index (χ0v) is 13.9. The normalized spacial score (nSPS) is 14.3. The third-order valence-corrected chi connectivity index (χ3v) is 4.51. The van der Waals surface area contributed by atoms with Crippen molar-refractivity contribution in [3.63, 3.8) is 0 Å². The minimum atomic E-state index is -0.939. The predicted octanol–water partition coefficient (Wildman–Crippen LogP) is 3.26.